The van der Waals surface area contributed by atoms with Gasteiger partial charge in [-0.05, 0) is 43.9 Å². The van der Waals surface area contributed by atoms with E-state index in [4.69, 9.17) is 4.42 Å². The van der Waals surface area contributed by atoms with Crippen LogP contribution in [0.2, 0.25) is 0 Å². The lowest BCUT2D eigenvalue weighted by atomic mass is 9.93. The number of carbonyl (C=O) groups excluding carboxylic acids is 2. The zero-order valence-corrected chi connectivity index (χ0v) is 18.9. The molecule has 0 radical (unpaired) electrons. The van der Waals surface area contributed by atoms with Gasteiger partial charge in [-0.25, -0.2) is 4.79 Å². The van der Waals surface area contributed by atoms with Crippen molar-refractivity contribution in [3.05, 3.63) is 77.0 Å². The summed E-state index contributed by atoms with van der Waals surface area (Å²) in [4.78, 5) is 29.1. The van der Waals surface area contributed by atoms with Crippen molar-refractivity contribution in [2.45, 2.75) is 38.8 Å². The van der Waals surface area contributed by atoms with E-state index in [0.29, 0.717) is 31.9 Å². The Bertz CT molecular complexity index is 1130. The zero-order valence-electron chi connectivity index (χ0n) is 18.9. The maximum Gasteiger partial charge on any atom is 0.318 e. The van der Waals surface area contributed by atoms with E-state index >= 15 is 0 Å². The number of aromatic nitrogens is 2. The maximum atomic E-state index is 13.0. The predicted octanol–water partition coefficient (Wildman–Crippen LogP) is 3.38. The number of fused-ring (bicyclic) bond motifs is 1. The van der Waals surface area contributed by atoms with E-state index in [9.17, 15) is 9.59 Å². The van der Waals surface area contributed by atoms with Crippen LogP contribution in [0.3, 0.4) is 0 Å². The first kappa shape index (κ1) is 21.3. The van der Waals surface area contributed by atoms with Gasteiger partial charge in [0.2, 0.25) is 0 Å². The molecular formula is C25H29N5O3. The number of nitrogens with zero attached hydrogens (tertiary/aromatic N) is 4. The van der Waals surface area contributed by atoms with E-state index in [1.54, 1.807) is 21.9 Å². The molecule has 1 unspecified atom stereocenters. The molecule has 1 atom stereocenters. The van der Waals surface area contributed by atoms with Crippen molar-refractivity contribution in [2.75, 3.05) is 26.2 Å². The number of nitrogens with one attached hydrogen (secondary N) is 1. The monoisotopic (exact) mass is 447 g/mol. The van der Waals surface area contributed by atoms with E-state index in [2.05, 4.69) is 27.2 Å². The number of urea groups is 1. The van der Waals surface area contributed by atoms with Gasteiger partial charge in [-0.2, -0.15) is 5.10 Å². The second kappa shape index (κ2) is 9.13. The third kappa shape index (κ3) is 4.51. The van der Waals surface area contributed by atoms with Crippen LogP contribution in [0.1, 0.15) is 52.0 Å². The third-order valence-corrected chi connectivity index (χ3v) is 6.54. The highest BCUT2D eigenvalue weighted by molar-refractivity contribution is 5.91. The molecule has 1 N–H and O–H groups in total. The summed E-state index contributed by atoms with van der Waals surface area (Å²) in [5.74, 6) is 0.953. The lowest BCUT2D eigenvalue weighted by Crippen LogP contribution is -2.53. The number of aryl methyl sites for hydroxylation is 1. The molecule has 0 spiro atoms. The quantitative estimate of drug-likeness (QED) is 0.665. The number of rotatable bonds is 4. The first-order valence-corrected chi connectivity index (χ1v) is 11.6. The molecule has 1 saturated heterocycles. The standard InChI is InChI=1S/C25H29N5O3/c1-18-10-11-23(33-18)24(31)28-12-14-29(15-13-28)25(32)27-21-8-5-9-22-20(21)16-26-30(22)17-19-6-3-2-4-7-19/h2-4,6-7,10-11,16,21H,5,8-9,12-15,17H2,1H3,(H,27,32). The van der Waals surface area contributed by atoms with Crippen LogP contribution < -0.4 is 5.32 Å². The van der Waals surface area contributed by atoms with Crippen LogP contribution in [0.5, 0.6) is 0 Å². The third-order valence-electron chi connectivity index (χ3n) is 6.54. The van der Waals surface area contributed by atoms with Gasteiger partial charge in [0.05, 0.1) is 18.8 Å². The Labute approximate surface area is 193 Å². The minimum atomic E-state index is -0.120. The highest BCUT2D eigenvalue weighted by atomic mass is 16.3. The Kier molecular flexibility index (Phi) is 5.90. The number of hydrogen-bond donors (Lipinski definition) is 1. The number of benzene rings is 1. The van der Waals surface area contributed by atoms with Crippen molar-refractivity contribution < 1.29 is 14.0 Å². The second-order valence-corrected chi connectivity index (χ2v) is 8.77. The Morgan fingerprint density at radius 1 is 1.06 bits per heavy atom. The first-order chi connectivity index (χ1) is 16.1. The summed E-state index contributed by atoms with van der Waals surface area (Å²) in [6, 6.07) is 13.7. The molecular weight excluding hydrogens is 418 g/mol. The summed E-state index contributed by atoms with van der Waals surface area (Å²) in [7, 11) is 0. The summed E-state index contributed by atoms with van der Waals surface area (Å²) in [6.07, 6.45) is 4.81. The van der Waals surface area contributed by atoms with Gasteiger partial charge in [-0.15, -0.1) is 0 Å². The highest BCUT2D eigenvalue weighted by Gasteiger charge is 2.30. The molecule has 8 heteroatoms. The molecule has 1 aromatic carbocycles. The van der Waals surface area contributed by atoms with Crippen molar-refractivity contribution in [1.82, 2.24) is 24.9 Å². The molecule has 1 aliphatic carbocycles. The van der Waals surface area contributed by atoms with Crippen LogP contribution in [-0.4, -0.2) is 57.7 Å². The lowest BCUT2D eigenvalue weighted by Gasteiger charge is -2.35. The summed E-state index contributed by atoms with van der Waals surface area (Å²) < 4.78 is 7.51. The van der Waals surface area contributed by atoms with Crippen LogP contribution in [0.15, 0.2) is 53.1 Å². The predicted molar refractivity (Wildman–Crippen MR) is 123 cm³/mol. The van der Waals surface area contributed by atoms with Gasteiger partial charge in [0.1, 0.15) is 5.76 Å². The highest BCUT2D eigenvalue weighted by Crippen LogP contribution is 2.30. The van der Waals surface area contributed by atoms with E-state index in [1.165, 1.54) is 11.3 Å². The molecule has 172 valence electrons. The van der Waals surface area contributed by atoms with Crippen molar-refractivity contribution >= 4 is 11.9 Å². The molecule has 1 fully saturated rings. The summed E-state index contributed by atoms with van der Waals surface area (Å²) >= 11 is 0. The Morgan fingerprint density at radius 3 is 2.55 bits per heavy atom. The average molecular weight is 448 g/mol. The Hall–Kier alpha value is -3.55. The smallest absolute Gasteiger partial charge is 0.318 e. The molecule has 2 aromatic heterocycles. The average Bonchev–Trinajstić information content (AvgIpc) is 3.46. The Morgan fingerprint density at radius 2 is 1.82 bits per heavy atom. The number of amides is 3. The van der Waals surface area contributed by atoms with Crippen molar-refractivity contribution in [2.24, 2.45) is 0 Å². The minimum absolute atomic E-state index is 0.0310. The molecule has 3 amide bonds. The minimum Gasteiger partial charge on any atom is -0.456 e. The molecule has 3 heterocycles. The lowest BCUT2D eigenvalue weighted by molar-refractivity contribution is 0.0631. The summed E-state index contributed by atoms with van der Waals surface area (Å²) in [6.45, 7) is 4.56. The Balaban J connectivity index is 1.19. The molecule has 0 saturated carbocycles. The number of piperazine rings is 1. The molecule has 33 heavy (non-hydrogen) atoms. The van der Waals surface area contributed by atoms with Crippen LogP contribution in [0.4, 0.5) is 4.79 Å². The summed E-state index contributed by atoms with van der Waals surface area (Å²) in [5.41, 5.74) is 3.54. The zero-order chi connectivity index (χ0) is 22.8. The fraction of sp³-hybridized carbons (Fsp3) is 0.400. The topological polar surface area (TPSA) is 83.6 Å². The fourth-order valence-electron chi connectivity index (χ4n) is 4.72. The van der Waals surface area contributed by atoms with Crippen molar-refractivity contribution in [3.8, 4) is 0 Å². The van der Waals surface area contributed by atoms with E-state index in [0.717, 1.165) is 37.1 Å². The van der Waals surface area contributed by atoms with E-state index in [-0.39, 0.29) is 18.0 Å². The van der Waals surface area contributed by atoms with Crippen LogP contribution in [0, 0.1) is 6.92 Å². The van der Waals surface area contributed by atoms with Gasteiger partial charge >= 0.3 is 6.03 Å². The molecule has 5 rings (SSSR count). The van der Waals surface area contributed by atoms with Crippen molar-refractivity contribution in [1.29, 1.82) is 0 Å². The fourth-order valence-corrected chi connectivity index (χ4v) is 4.72. The van der Waals surface area contributed by atoms with Crippen LogP contribution in [-0.2, 0) is 13.0 Å². The van der Waals surface area contributed by atoms with E-state index < -0.39 is 0 Å². The normalized spacial score (nSPS) is 18.2. The summed E-state index contributed by atoms with van der Waals surface area (Å²) in [5, 5.41) is 7.83. The van der Waals surface area contributed by atoms with Gasteiger partial charge in [-0.1, -0.05) is 30.3 Å². The number of carbonyl (C=O) groups is 2. The van der Waals surface area contributed by atoms with Gasteiger partial charge in [-0.3, -0.25) is 9.48 Å². The molecule has 2 aliphatic rings. The molecule has 1 aliphatic heterocycles. The van der Waals surface area contributed by atoms with Crippen molar-refractivity contribution in [3.63, 3.8) is 0 Å². The van der Waals surface area contributed by atoms with Gasteiger partial charge in [0.25, 0.3) is 5.91 Å². The number of hydrogen-bond acceptors (Lipinski definition) is 4. The number of furan rings is 1. The maximum absolute atomic E-state index is 13.0. The molecule has 0 bridgehead atoms. The van der Waals surface area contributed by atoms with E-state index in [1.807, 2.05) is 31.3 Å². The van der Waals surface area contributed by atoms with Crippen LogP contribution >= 0.6 is 0 Å². The van der Waals surface area contributed by atoms with Gasteiger partial charge in [0, 0.05) is 37.4 Å². The molecule has 8 nitrogen and oxygen atoms in total. The first-order valence-electron chi connectivity index (χ1n) is 11.6. The van der Waals surface area contributed by atoms with Gasteiger partial charge < -0.3 is 19.5 Å². The van der Waals surface area contributed by atoms with Gasteiger partial charge in [0.15, 0.2) is 5.76 Å². The molecule has 3 aromatic rings. The second-order valence-electron chi connectivity index (χ2n) is 8.77. The SMILES string of the molecule is Cc1ccc(C(=O)N2CCN(C(=O)NC3CCCc4c3cnn4Cc3ccccc3)CC2)o1. The largest absolute Gasteiger partial charge is 0.456 e. The van der Waals surface area contributed by atoms with Crippen LogP contribution in [0.25, 0.3) is 0 Å².